The van der Waals surface area contributed by atoms with E-state index in [-0.39, 0.29) is 30.0 Å². The normalized spacial score (nSPS) is 25.1. The van der Waals surface area contributed by atoms with E-state index in [4.69, 9.17) is 9.47 Å². The molecule has 2 aromatic rings. The van der Waals surface area contributed by atoms with Crippen LogP contribution in [-0.2, 0) is 21.1 Å². The van der Waals surface area contributed by atoms with E-state index in [0.29, 0.717) is 24.5 Å². The first-order valence-corrected chi connectivity index (χ1v) is 13.0. The summed E-state index contributed by atoms with van der Waals surface area (Å²) in [6.45, 7) is 2.73. The number of hydrogen-bond acceptors (Lipinski definition) is 7. The number of amides is 1. The molecule has 1 fully saturated rings. The summed E-state index contributed by atoms with van der Waals surface area (Å²) in [6.07, 6.45) is 1.24. The first-order valence-electron chi connectivity index (χ1n) is 10.3. The van der Waals surface area contributed by atoms with E-state index in [1.165, 1.54) is 5.56 Å². The van der Waals surface area contributed by atoms with Crippen molar-refractivity contribution >= 4 is 27.1 Å². The van der Waals surface area contributed by atoms with Crippen molar-refractivity contribution in [2.24, 2.45) is 0 Å². The van der Waals surface area contributed by atoms with Crippen LogP contribution in [-0.4, -0.2) is 63.6 Å². The molecule has 0 aliphatic carbocycles. The summed E-state index contributed by atoms with van der Waals surface area (Å²) < 4.78 is 34.8. The van der Waals surface area contributed by atoms with Crippen LogP contribution in [0.5, 0.6) is 11.5 Å². The van der Waals surface area contributed by atoms with Crippen molar-refractivity contribution in [1.29, 1.82) is 0 Å². The number of sulfone groups is 1. The second-order valence-electron chi connectivity index (χ2n) is 8.50. The smallest absolute Gasteiger partial charge is 0.234 e. The molecule has 3 heterocycles. The molecule has 1 aromatic heterocycles. The molecule has 1 aromatic carbocycles. The zero-order chi connectivity index (χ0) is 22.2. The highest BCUT2D eigenvalue weighted by molar-refractivity contribution is 7.91. The second kappa shape index (κ2) is 8.44. The van der Waals surface area contributed by atoms with Crippen LogP contribution < -0.4 is 14.8 Å². The number of nitrogens with one attached hydrogen (secondary N) is 1. The van der Waals surface area contributed by atoms with Crippen LogP contribution in [0.2, 0.25) is 0 Å². The van der Waals surface area contributed by atoms with Crippen molar-refractivity contribution in [2.75, 3.05) is 38.8 Å². The van der Waals surface area contributed by atoms with E-state index in [0.717, 1.165) is 16.9 Å². The van der Waals surface area contributed by atoms with Crippen molar-refractivity contribution in [3.8, 4) is 11.5 Å². The Morgan fingerprint density at radius 1 is 1.29 bits per heavy atom. The van der Waals surface area contributed by atoms with Crippen molar-refractivity contribution in [1.82, 2.24) is 10.2 Å². The van der Waals surface area contributed by atoms with E-state index in [1.54, 1.807) is 25.6 Å². The van der Waals surface area contributed by atoms with Crippen LogP contribution in [0, 0.1) is 0 Å². The fraction of sp³-hybridized carbons (Fsp3) is 0.500. The maximum absolute atomic E-state index is 12.9. The maximum atomic E-state index is 12.9. The molecule has 2 aliphatic rings. The average Bonchev–Trinajstić information content (AvgIpc) is 3.34. The van der Waals surface area contributed by atoms with Crippen molar-refractivity contribution in [2.45, 2.75) is 31.3 Å². The Balaban J connectivity index is 1.60. The van der Waals surface area contributed by atoms with Gasteiger partial charge in [-0.3, -0.25) is 9.69 Å². The highest BCUT2D eigenvalue weighted by Gasteiger charge is 2.40. The van der Waals surface area contributed by atoms with Gasteiger partial charge in [0.2, 0.25) is 5.91 Å². The van der Waals surface area contributed by atoms with Crippen LogP contribution in [0.15, 0.2) is 29.6 Å². The number of ether oxygens (including phenoxy) is 2. The largest absolute Gasteiger partial charge is 0.493 e. The third kappa shape index (κ3) is 4.58. The SMILES string of the molecule is COc1cc2c(cc1OC)C(c1cccs1)N(CC(=O)NC1(C)CCS(=O)(=O)C1)CC2. The number of rotatable bonds is 6. The Kier molecular flexibility index (Phi) is 6.02. The molecular formula is C22H28N2O5S2. The number of thiophene rings is 1. The van der Waals surface area contributed by atoms with E-state index in [1.807, 2.05) is 30.5 Å². The number of nitrogens with zero attached hydrogens (tertiary/aromatic N) is 1. The fourth-order valence-corrected chi connectivity index (χ4v) is 7.59. The number of carbonyl (C=O) groups excluding carboxylic acids is 1. The summed E-state index contributed by atoms with van der Waals surface area (Å²) >= 11 is 1.65. The summed E-state index contributed by atoms with van der Waals surface area (Å²) in [4.78, 5) is 16.2. The minimum atomic E-state index is -3.09. The molecule has 7 nitrogen and oxygen atoms in total. The number of fused-ring (bicyclic) bond motifs is 1. The van der Waals surface area contributed by atoms with Gasteiger partial charge in [0, 0.05) is 11.4 Å². The van der Waals surface area contributed by atoms with Gasteiger partial charge in [-0.25, -0.2) is 8.42 Å². The topological polar surface area (TPSA) is 84.9 Å². The summed E-state index contributed by atoms with van der Waals surface area (Å²) in [6, 6.07) is 8.05. The van der Waals surface area contributed by atoms with Gasteiger partial charge >= 0.3 is 0 Å². The lowest BCUT2D eigenvalue weighted by atomic mass is 9.90. The van der Waals surface area contributed by atoms with Gasteiger partial charge in [-0.2, -0.15) is 0 Å². The highest BCUT2D eigenvalue weighted by Crippen LogP contribution is 2.42. The van der Waals surface area contributed by atoms with Gasteiger partial charge in [0.1, 0.15) is 0 Å². The first kappa shape index (κ1) is 22.1. The van der Waals surface area contributed by atoms with Gasteiger partial charge in [-0.1, -0.05) is 6.07 Å². The van der Waals surface area contributed by atoms with Gasteiger partial charge in [-0.15, -0.1) is 11.3 Å². The molecule has 0 radical (unpaired) electrons. The van der Waals surface area contributed by atoms with E-state index in [9.17, 15) is 13.2 Å². The molecule has 2 unspecified atom stereocenters. The number of hydrogen-bond donors (Lipinski definition) is 1. The Labute approximate surface area is 187 Å². The van der Waals surface area contributed by atoms with Crippen LogP contribution in [0.4, 0.5) is 0 Å². The molecule has 9 heteroatoms. The molecule has 2 atom stereocenters. The van der Waals surface area contributed by atoms with Gasteiger partial charge < -0.3 is 14.8 Å². The summed E-state index contributed by atoms with van der Waals surface area (Å²) in [5.74, 6) is 1.34. The molecule has 0 saturated carbocycles. The number of benzene rings is 1. The molecule has 1 amide bonds. The quantitative estimate of drug-likeness (QED) is 0.707. The predicted octanol–water partition coefficient (Wildman–Crippen LogP) is 2.41. The monoisotopic (exact) mass is 464 g/mol. The second-order valence-corrected chi connectivity index (χ2v) is 11.7. The fourth-order valence-electron chi connectivity index (χ4n) is 4.62. The average molecular weight is 465 g/mol. The lowest BCUT2D eigenvalue weighted by molar-refractivity contribution is -0.124. The molecule has 31 heavy (non-hydrogen) atoms. The van der Waals surface area contributed by atoms with Gasteiger partial charge in [-0.05, 0) is 54.5 Å². The first-order chi connectivity index (χ1) is 14.7. The number of carbonyl (C=O) groups is 1. The Bertz CT molecular complexity index is 1070. The standard InChI is InChI=1S/C22H28N2O5S2/c1-22(7-10-31(26,27)14-22)23-20(25)13-24-8-6-15-11-17(28-2)18(29-3)12-16(15)21(24)19-5-4-9-30-19/h4-5,9,11-12,21H,6-8,10,13-14H2,1-3H3,(H,23,25). The maximum Gasteiger partial charge on any atom is 0.234 e. The van der Waals surface area contributed by atoms with Crippen LogP contribution in [0.3, 0.4) is 0 Å². The van der Waals surface area contributed by atoms with Crippen molar-refractivity contribution in [3.63, 3.8) is 0 Å². The van der Waals surface area contributed by atoms with E-state index >= 15 is 0 Å². The van der Waals surface area contributed by atoms with Gasteiger partial charge in [0.05, 0.1) is 43.9 Å². The molecular weight excluding hydrogens is 436 g/mol. The molecule has 1 saturated heterocycles. The highest BCUT2D eigenvalue weighted by atomic mass is 32.2. The number of methoxy groups -OCH3 is 2. The third-order valence-electron chi connectivity index (χ3n) is 6.08. The van der Waals surface area contributed by atoms with Gasteiger partial charge in [0.25, 0.3) is 0 Å². The minimum absolute atomic E-state index is 0.0000793. The molecule has 168 valence electrons. The van der Waals surface area contributed by atoms with E-state index < -0.39 is 15.4 Å². The van der Waals surface area contributed by atoms with Crippen LogP contribution in [0.25, 0.3) is 0 Å². The van der Waals surface area contributed by atoms with E-state index in [2.05, 4.69) is 16.3 Å². The third-order valence-corrected chi connectivity index (χ3v) is 8.91. The zero-order valence-electron chi connectivity index (χ0n) is 18.0. The molecule has 4 rings (SSSR count). The van der Waals surface area contributed by atoms with Crippen LogP contribution in [0.1, 0.15) is 35.4 Å². The predicted molar refractivity (Wildman–Crippen MR) is 121 cm³/mol. The molecule has 0 bridgehead atoms. The zero-order valence-corrected chi connectivity index (χ0v) is 19.6. The lowest BCUT2D eigenvalue weighted by Gasteiger charge is -2.37. The lowest BCUT2D eigenvalue weighted by Crippen LogP contribution is -2.51. The Hall–Kier alpha value is -2.10. The van der Waals surface area contributed by atoms with Gasteiger partial charge in [0.15, 0.2) is 21.3 Å². The Morgan fingerprint density at radius 3 is 2.65 bits per heavy atom. The van der Waals surface area contributed by atoms with Crippen molar-refractivity contribution in [3.05, 3.63) is 45.6 Å². The molecule has 2 aliphatic heterocycles. The van der Waals surface area contributed by atoms with Crippen molar-refractivity contribution < 1.29 is 22.7 Å². The van der Waals surface area contributed by atoms with Crippen LogP contribution >= 0.6 is 11.3 Å². The summed E-state index contributed by atoms with van der Waals surface area (Å²) in [5, 5.41) is 5.02. The summed E-state index contributed by atoms with van der Waals surface area (Å²) in [7, 11) is 0.163. The Morgan fingerprint density at radius 2 is 2.03 bits per heavy atom. The molecule has 0 spiro atoms. The summed E-state index contributed by atoms with van der Waals surface area (Å²) in [5.41, 5.74) is 1.59. The minimum Gasteiger partial charge on any atom is -0.493 e. The molecule has 1 N–H and O–H groups in total.